The Bertz CT molecular complexity index is 412. The quantitative estimate of drug-likeness (QED) is 0.771. The maximum absolute atomic E-state index is 12.4. The highest BCUT2D eigenvalue weighted by atomic mass is 35.5. The number of pyridine rings is 1. The standard InChI is InChI=1S/C12H16ClF3N2S/c1-3-19-5-4-8(2)18-11-10(13)6-9(7-17-11)12(14,15)16/h6-8H,3-5H2,1-2H3,(H,17,18). The normalized spacial score (nSPS) is 13.4. The first-order chi connectivity index (χ1) is 8.84. The van der Waals surface area contributed by atoms with Crippen molar-refractivity contribution in [3.05, 3.63) is 22.8 Å². The highest BCUT2D eigenvalue weighted by Crippen LogP contribution is 2.32. The van der Waals surface area contributed by atoms with Gasteiger partial charge in [-0.3, -0.25) is 0 Å². The van der Waals surface area contributed by atoms with Crippen LogP contribution in [-0.4, -0.2) is 22.5 Å². The highest BCUT2D eigenvalue weighted by molar-refractivity contribution is 7.99. The van der Waals surface area contributed by atoms with Crippen molar-refractivity contribution in [2.75, 3.05) is 16.8 Å². The van der Waals surface area contributed by atoms with Gasteiger partial charge in [0.2, 0.25) is 0 Å². The molecule has 0 spiro atoms. The summed E-state index contributed by atoms with van der Waals surface area (Å²) in [6.45, 7) is 4.03. The van der Waals surface area contributed by atoms with Gasteiger partial charge in [-0.05, 0) is 30.9 Å². The number of nitrogens with one attached hydrogen (secondary N) is 1. The van der Waals surface area contributed by atoms with Crippen LogP contribution in [0.4, 0.5) is 19.0 Å². The molecule has 1 atom stereocenters. The van der Waals surface area contributed by atoms with Crippen molar-refractivity contribution in [1.29, 1.82) is 0 Å². The van der Waals surface area contributed by atoms with E-state index >= 15 is 0 Å². The minimum Gasteiger partial charge on any atom is -0.366 e. The molecular formula is C12H16ClF3N2S. The molecule has 0 aromatic carbocycles. The Morgan fingerprint density at radius 3 is 2.68 bits per heavy atom. The second-order valence-corrected chi connectivity index (χ2v) is 5.88. The molecule has 0 bridgehead atoms. The summed E-state index contributed by atoms with van der Waals surface area (Å²) in [6, 6.07) is 1.01. The third-order valence-corrected chi connectivity index (χ3v) is 3.67. The lowest BCUT2D eigenvalue weighted by atomic mass is 10.2. The molecule has 0 aliphatic rings. The number of alkyl halides is 3. The topological polar surface area (TPSA) is 24.9 Å². The Hall–Kier alpha value is -0.620. The van der Waals surface area contributed by atoms with E-state index in [2.05, 4.69) is 17.2 Å². The molecule has 0 saturated carbocycles. The predicted molar refractivity (Wildman–Crippen MR) is 74.9 cm³/mol. The van der Waals surface area contributed by atoms with Crippen LogP contribution in [0.15, 0.2) is 12.3 Å². The fourth-order valence-electron chi connectivity index (χ4n) is 1.41. The van der Waals surface area contributed by atoms with Gasteiger partial charge in [0.05, 0.1) is 10.6 Å². The van der Waals surface area contributed by atoms with E-state index in [4.69, 9.17) is 11.6 Å². The zero-order chi connectivity index (χ0) is 14.5. The van der Waals surface area contributed by atoms with Gasteiger partial charge in [-0.2, -0.15) is 24.9 Å². The molecule has 1 rings (SSSR count). The average Bonchev–Trinajstić information content (AvgIpc) is 2.31. The predicted octanol–water partition coefficient (Wildman–Crippen LogP) is 4.70. The summed E-state index contributed by atoms with van der Waals surface area (Å²) in [7, 11) is 0. The van der Waals surface area contributed by atoms with E-state index in [9.17, 15) is 13.2 Å². The largest absolute Gasteiger partial charge is 0.417 e. The molecule has 0 aliphatic carbocycles. The average molecular weight is 313 g/mol. The van der Waals surface area contributed by atoms with E-state index in [0.29, 0.717) is 5.82 Å². The summed E-state index contributed by atoms with van der Waals surface area (Å²) < 4.78 is 37.3. The molecular weight excluding hydrogens is 297 g/mol. The molecule has 1 N–H and O–H groups in total. The number of hydrogen-bond acceptors (Lipinski definition) is 3. The van der Waals surface area contributed by atoms with Crippen LogP contribution in [0.5, 0.6) is 0 Å². The number of nitrogens with zero attached hydrogens (tertiary/aromatic N) is 1. The van der Waals surface area contributed by atoms with Crippen LogP contribution in [0, 0.1) is 0 Å². The maximum Gasteiger partial charge on any atom is 0.417 e. The summed E-state index contributed by atoms with van der Waals surface area (Å²) in [5, 5.41) is 3.01. The summed E-state index contributed by atoms with van der Waals surface area (Å²) in [6.07, 6.45) is -2.72. The molecule has 7 heteroatoms. The van der Waals surface area contributed by atoms with Crippen molar-refractivity contribution in [3.8, 4) is 0 Å². The first-order valence-electron chi connectivity index (χ1n) is 5.91. The van der Waals surface area contributed by atoms with Crippen LogP contribution in [0.3, 0.4) is 0 Å². The molecule has 1 aromatic rings. The van der Waals surface area contributed by atoms with Gasteiger partial charge in [0.25, 0.3) is 0 Å². The lowest BCUT2D eigenvalue weighted by molar-refractivity contribution is -0.137. The Labute approximate surface area is 120 Å². The number of halogens is 4. The molecule has 108 valence electrons. The number of hydrogen-bond donors (Lipinski definition) is 1. The van der Waals surface area contributed by atoms with Gasteiger partial charge in [0, 0.05) is 12.2 Å². The van der Waals surface area contributed by atoms with E-state index in [1.54, 1.807) is 0 Å². The lowest BCUT2D eigenvalue weighted by Crippen LogP contribution is -2.17. The number of rotatable bonds is 6. The summed E-state index contributed by atoms with van der Waals surface area (Å²) in [5.41, 5.74) is -0.836. The van der Waals surface area contributed by atoms with E-state index < -0.39 is 11.7 Å². The lowest BCUT2D eigenvalue weighted by Gasteiger charge is -2.16. The van der Waals surface area contributed by atoms with E-state index in [-0.39, 0.29) is 11.1 Å². The summed E-state index contributed by atoms with van der Waals surface area (Å²) >= 11 is 7.63. The van der Waals surface area contributed by atoms with Crippen molar-refractivity contribution in [2.45, 2.75) is 32.5 Å². The molecule has 1 aromatic heterocycles. The van der Waals surface area contributed by atoms with Gasteiger partial charge in [0.15, 0.2) is 0 Å². The van der Waals surface area contributed by atoms with Crippen LogP contribution >= 0.6 is 23.4 Å². The highest BCUT2D eigenvalue weighted by Gasteiger charge is 2.31. The monoisotopic (exact) mass is 312 g/mol. The zero-order valence-corrected chi connectivity index (χ0v) is 12.3. The molecule has 0 aliphatic heterocycles. The second-order valence-electron chi connectivity index (χ2n) is 4.08. The summed E-state index contributed by atoms with van der Waals surface area (Å²) in [5.74, 6) is 2.33. The molecule has 1 unspecified atom stereocenters. The van der Waals surface area contributed by atoms with Crippen molar-refractivity contribution in [1.82, 2.24) is 4.98 Å². The van der Waals surface area contributed by atoms with Gasteiger partial charge in [-0.25, -0.2) is 4.98 Å². The molecule has 0 radical (unpaired) electrons. The van der Waals surface area contributed by atoms with Gasteiger partial charge in [0.1, 0.15) is 5.82 Å². The fraction of sp³-hybridized carbons (Fsp3) is 0.583. The van der Waals surface area contributed by atoms with Crippen LogP contribution in [0.25, 0.3) is 0 Å². The Kier molecular flexibility index (Phi) is 6.26. The minimum absolute atomic E-state index is 0.00943. The number of aromatic nitrogens is 1. The van der Waals surface area contributed by atoms with Crippen molar-refractivity contribution in [2.24, 2.45) is 0 Å². The first kappa shape index (κ1) is 16.4. The molecule has 0 saturated heterocycles. The van der Waals surface area contributed by atoms with E-state index in [1.807, 2.05) is 18.7 Å². The Morgan fingerprint density at radius 1 is 1.47 bits per heavy atom. The molecule has 2 nitrogen and oxygen atoms in total. The third kappa shape index (κ3) is 5.48. The minimum atomic E-state index is -4.42. The SMILES string of the molecule is CCSCCC(C)Nc1ncc(C(F)(F)F)cc1Cl. The van der Waals surface area contributed by atoms with E-state index in [1.165, 1.54) is 0 Å². The molecule has 19 heavy (non-hydrogen) atoms. The van der Waals surface area contributed by atoms with Gasteiger partial charge < -0.3 is 5.32 Å². The summed E-state index contributed by atoms with van der Waals surface area (Å²) in [4.78, 5) is 3.74. The van der Waals surface area contributed by atoms with Crippen molar-refractivity contribution < 1.29 is 13.2 Å². The third-order valence-electron chi connectivity index (χ3n) is 2.45. The number of thioether (sulfide) groups is 1. The van der Waals surface area contributed by atoms with Gasteiger partial charge >= 0.3 is 6.18 Å². The van der Waals surface area contributed by atoms with Crippen molar-refractivity contribution in [3.63, 3.8) is 0 Å². The zero-order valence-electron chi connectivity index (χ0n) is 10.7. The van der Waals surface area contributed by atoms with E-state index in [0.717, 1.165) is 30.2 Å². The molecule has 0 fully saturated rings. The molecule has 0 amide bonds. The first-order valence-corrected chi connectivity index (χ1v) is 7.45. The van der Waals surface area contributed by atoms with Crippen LogP contribution in [-0.2, 0) is 6.18 Å². The van der Waals surface area contributed by atoms with Gasteiger partial charge in [-0.15, -0.1) is 0 Å². The fourth-order valence-corrected chi connectivity index (χ4v) is 2.44. The second kappa shape index (κ2) is 7.24. The Balaban J connectivity index is 2.65. The van der Waals surface area contributed by atoms with Crippen molar-refractivity contribution >= 4 is 29.2 Å². The van der Waals surface area contributed by atoms with Crippen LogP contribution in [0.2, 0.25) is 5.02 Å². The number of anilines is 1. The van der Waals surface area contributed by atoms with Gasteiger partial charge in [-0.1, -0.05) is 18.5 Å². The maximum atomic E-state index is 12.4. The van der Waals surface area contributed by atoms with Crippen LogP contribution < -0.4 is 5.32 Å². The Morgan fingerprint density at radius 2 is 2.16 bits per heavy atom. The van der Waals surface area contributed by atoms with Crippen LogP contribution in [0.1, 0.15) is 25.8 Å². The molecule has 1 heterocycles. The smallest absolute Gasteiger partial charge is 0.366 e.